The molecule has 1 saturated carbocycles. The molecular formula is C15H17N5O2. The highest BCUT2D eigenvalue weighted by molar-refractivity contribution is 5.96. The third-order valence-corrected chi connectivity index (χ3v) is 3.38. The smallest absolute Gasteiger partial charge is 0.251 e. The molecule has 0 atom stereocenters. The molecule has 3 rings (SSSR count). The van der Waals surface area contributed by atoms with Gasteiger partial charge in [0.05, 0.1) is 13.1 Å². The van der Waals surface area contributed by atoms with Crippen LogP contribution in [0, 0.1) is 0 Å². The van der Waals surface area contributed by atoms with Crippen molar-refractivity contribution in [1.82, 2.24) is 25.4 Å². The Hall–Kier alpha value is -2.70. The summed E-state index contributed by atoms with van der Waals surface area (Å²) in [6.45, 7) is 0.613. The van der Waals surface area contributed by atoms with Crippen LogP contribution in [0.2, 0.25) is 0 Å². The molecule has 22 heavy (non-hydrogen) atoms. The van der Waals surface area contributed by atoms with E-state index in [1.807, 2.05) is 12.1 Å². The highest BCUT2D eigenvalue weighted by atomic mass is 16.2. The van der Waals surface area contributed by atoms with Crippen molar-refractivity contribution in [2.24, 2.45) is 0 Å². The van der Waals surface area contributed by atoms with Crippen molar-refractivity contribution < 1.29 is 9.59 Å². The monoisotopic (exact) mass is 299 g/mol. The molecule has 0 aliphatic heterocycles. The molecule has 1 aliphatic rings. The molecule has 1 fully saturated rings. The molecule has 2 N–H and O–H groups in total. The van der Waals surface area contributed by atoms with Gasteiger partial charge < -0.3 is 10.6 Å². The van der Waals surface area contributed by atoms with E-state index in [2.05, 4.69) is 20.7 Å². The van der Waals surface area contributed by atoms with E-state index in [0.29, 0.717) is 18.2 Å². The van der Waals surface area contributed by atoms with Crippen LogP contribution in [0.4, 0.5) is 0 Å². The first-order valence-corrected chi connectivity index (χ1v) is 7.19. The van der Waals surface area contributed by atoms with E-state index in [-0.39, 0.29) is 18.4 Å². The minimum atomic E-state index is -0.252. The first kappa shape index (κ1) is 14.2. The predicted molar refractivity (Wildman–Crippen MR) is 79.1 cm³/mol. The van der Waals surface area contributed by atoms with Gasteiger partial charge in [-0.1, -0.05) is 12.1 Å². The van der Waals surface area contributed by atoms with Crippen molar-refractivity contribution in [3.8, 4) is 0 Å². The van der Waals surface area contributed by atoms with Gasteiger partial charge in [-0.15, -0.1) is 0 Å². The Morgan fingerprint density at radius 2 is 2.00 bits per heavy atom. The van der Waals surface area contributed by atoms with Gasteiger partial charge in [0.15, 0.2) is 0 Å². The van der Waals surface area contributed by atoms with Crippen molar-refractivity contribution in [2.45, 2.75) is 25.4 Å². The van der Waals surface area contributed by atoms with Gasteiger partial charge >= 0.3 is 0 Å². The van der Waals surface area contributed by atoms with Crippen molar-refractivity contribution in [3.63, 3.8) is 0 Å². The quantitative estimate of drug-likeness (QED) is 0.804. The summed E-state index contributed by atoms with van der Waals surface area (Å²) in [7, 11) is 0. The number of nitrogens with one attached hydrogen (secondary N) is 2. The van der Waals surface area contributed by atoms with Gasteiger partial charge in [-0.05, 0) is 30.5 Å². The normalized spacial score (nSPS) is 13.6. The number of aromatic nitrogens is 3. The van der Waals surface area contributed by atoms with Gasteiger partial charge in [-0.3, -0.25) is 9.59 Å². The highest BCUT2D eigenvalue weighted by Gasteiger charge is 2.23. The topological polar surface area (TPSA) is 88.9 Å². The largest absolute Gasteiger partial charge is 0.352 e. The number of hydrogen-bond donors (Lipinski definition) is 2. The lowest BCUT2D eigenvalue weighted by Gasteiger charge is -2.07. The van der Waals surface area contributed by atoms with E-state index < -0.39 is 0 Å². The lowest BCUT2D eigenvalue weighted by atomic mass is 10.1. The fourth-order valence-electron chi connectivity index (χ4n) is 2.03. The van der Waals surface area contributed by atoms with Gasteiger partial charge in [0.1, 0.15) is 12.7 Å². The summed E-state index contributed by atoms with van der Waals surface area (Å²) >= 11 is 0. The van der Waals surface area contributed by atoms with Gasteiger partial charge in [0.2, 0.25) is 5.91 Å². The zero-order chi connectivity index (χ0) is 15.4. The summed E-state index contributed by atoms with van der Waals surface area (Å²) in [6.07, 6.45) is 5.19. The zero-order valence-corrected chi connectivity index (χ0v) is 12.0. The maximum absolute atomic E-state index is 12.0. The molecule has 0 unspecified atom stereocenters. The SMILES string of the molecule is O=C(CNC(=O)c1ccc(Cn2cncn2)cc1)NC1CC1. The fraction of sp³-hybridized carbons (Fsp3) is 0.333. The molecule has 1 heterocycles. The van der Waals surface area contributed by atoms with Crippen LogP contribution in [0.1, 0.15) is 28.8 Å². The van der Waals surface area contributed by atoms with Crippen LogP contribution in [-0.2, 0) is 11.3 Å². The number of rotatable bonds is 6. The van der Waals surface area contributed by atoms with Gasteiger partial charge in [-0.25, -0.2) is 9.67 Å². The molecule has 0 radical (unpaired) electrons. The Balaban J connectivity index is 1.50. The van der Waals surface area contributed by atoms with Gasteiger partial charge in [0, 0.05) is 11.6 Å². The summed E-state index contributed by atoms with van der Waals surface area (Å²) < 4.78 is 1.71. The third-order valence-electron chi connectivity index (χ3n) is 3.38. The van der Waals surface area contributed by atoms with Crippen LogP contribution in [0.15, 0.2) is 36.9 Å². The van der Waals surface area contributed by atoms with Crippen molar-refractivity contribution in [2.75, 3.05) is 6.54 Å². The van der Waals surface area contributed by atoms with Crippen LogP contribution in [-0.4, -0.2) is 39.2 Å². The van der Waals surface area contributed by atoms with E-state index in [4.69, 9.17) is 0 Å². The number of carbonyl (C=O) groups is 2. The minimum absolute atomic E-state index is 0.00996. The van der Waals surface area contributed by atoms with E-state index in [1.54, 1.807) is 23.1 Å². The second-order valence-electron chi connectivity index (χ2n) is 5.31. The fourth-order valence-corrected chi connectivity index (χ4v) is 2.03. The molecule has 7 nitrogen and oxygen atoms in total. The number of hydrogen-bond acceptors (Lipinski definition) is 4. The Kier molecular flexibility index (Phi) is 4.13. The van der Waals surface area contributed by atoms with E-state index in [1.165, 1.54) is 6.33 Å². The average molecular weight is 299 g/mol. The van der Waals surface area contributed by atoms with Crippen LogP contribution in [0.3, 0.4) is 0 Å². The van der Waals surface area contributed by atoms with Crippen LogP contribution in [0.5, 0.6) is 0 Å². The molecule has 1 aromatic carbocycles. The summed E-state index contributed by atoms with van der Waals surface area (Å²) in [4.78, 5) is 27.4. The molecule has 2 aromatic rings. The molecule has 0 spiro atoms. The van der Waals surface area contributed by atoms with Crippen molar-refractivity contribution >= 4 is 11.8 Å². The molecule has 1 aliphatic carbocycles. The molecular weight excluding hydrogens is 282 g/mol. The summed E-state index contributed by atoms with van der Waals surface area (Å²) in [5.41, 5.74) is 1.55. The Labute approximate surface area is 127 Å². The maximum atomic E-state index is 12.0. The highest BCUT2D eigenvalue weighted by Crippen LogP contribution is 2.18. The predicted octanol–water partition coefficient (Wildman–Crippen LogP) is 0.335. The summed E-state index contributed by atoms with van der Waals surface area (Å²) in [5.74, 6) is -0.392. The Bertz CT molecular complexity index is 647. The maximum Gasteiger partial charge on any atom is 0.251 e. The second kappa shape index (κ2) is 6.38. The molecule has 0 saturated heterocycles. The molecule has 7 heteroatoms. The average Bonchev–Trinajstić information content (AvgIpc) is 3.18. The molecule has 0 bridgehead atoms. The number of amides is 2. The third kappa shape index (κ3) is 3.91. The number of carbonyl (C=O) groups excluding carboxylic acids is 2. The van der Waals surface area contributed by atoms with E-state index in [0.717, 1.165) is 18.4 Å². The van der Waals surface area contributed by atoms with Crippen molar-refractivity contribution in [3.05, 3.63) is 48.0 Å². The Morgan fingerprint density at radius 1 is 1.23 bits per heavy atom. The lowest BCUT2D eigenvalue weighted by Crippen LogP contribution is -2.37. The minimum Gasteiger partial charge on any atom is -0.352 e. The number of nitrogens with zero attached hydrogens (tertiary/aromatic N) is 3. The number of benzene rings is 1. The van der Waals surface area contributed by atoms with E-state index in [9.17, 15) is 9.59 Å². The van der Waals surface area contributed by atoms with Crippen LogP contribution >= 0.6 is 0 Å². The molecule has 2 amide bonds. The Morgan fingerprint density at radius 3 is 2.64 bits per heavy atom. The standard InChI is InChI=1S/C15H17N5O2/c21-14(19-13-5-6-13)7-17-15(22)12-3-1-11(2-4-12)8-20-10-16-9-18-20/h1-4,9-10,13H,5-8H2,(H,17,22)(H,19,21). The zero-order valence-electron chi connectivity index (χ0n) is 12.0. The molecule has 1 aromatic heterocycles. The van der Waals surface area contributed by atoms with E-state index >= 15 is 0 Å². The molecule has 114 valence electrons. The van der Waals surface area contributed by atoms with Crippen LogP contribution in [0.25, 0.3) is 0 Å². The van der Waals surface area contributed by atoms with Crippen LogP contribution < -0.4 is 10.6 Å². The second-order valence-corrected chi connectivity index (χ2v) is 5.31. The van der Waals surface area contributed by atoms with Gasteiger partial charge in [-0.2, -0.15) is 5.10 Å². The lowest BCUT2D eigenvalue weighted by molar-refractivity contribution is -0.120. The van der Waals surface area contributed by atoms with Crippen molar-refractivity contribution in [1.29, 1.82) is 0 Å². The summed E-state index contributed by atoms with van der Waals surface area (Å²) in [6, 6.07) is 7.50. The first-order chi connectivity index (χ1) is 10.7. The first-order valence-electron chi connectivity index (χ1n) is 7.19. The summed E-state index contributed by atoms with van der Waals surface area (Å²) in [5, 5.41) is 9.47. The van der Waals surface area contributed by atoms with Gasteiger partial charge in [0.25, 0.3) is 5.91 Å².